The Balaban J connectivity index is 2.06. The Hall–Kier alpha value is -1.99. The van der Waals surface area contributed by atoms with Crippen LogP contribution in [0.15, 0.2) is 59.5 Å². The van der Waals surface area contributed by atoms with E-state index in [0.717, 1.165) is 22.5 Å². The first-order chi connectivity index (χ1) is 12.8. The second kappa shape index (κ2) is 9.80. The SMILES string of the molecule is CCC(C(=O)NCCSc1ccccc1)N(c1cccc(C)c1)S(C)(=O)=O. The maximum atomic E-state index is 12.7. The number of anilines is 1. The van der Waals surface area contributed by atoms with Crippen molar-refractivity contribution in [2.75, 3.05) is 22.9 Å². The van der Waals surface area contributed by atoms with Crippen molar-refractivity contribution in [3.8, 4) is 0 Å². The second-order valence-electron chi connectivity index (χ2n) is 6.27. The molecule has 146 valence electrons. The van der Waals surface area contributed by atoms with Gasteiger partial charge in [0, 0.05) is 17.2 Å². The summed E-state index contributed by atoms with van der Waals surface area (Å²) in [4.78, 5) is 13.8. The maximum absolute atomic E-state index is 12.7. The highest BCUT2D eigenvalue weighted by Gasteiger charge is 2.31. The molecule has 2 rings (SSSR count). The minimum atomic E-state index is -3.60. The Morgan fingerprint density at radius 2 is 1.85 bits per heavy atom. The number of aryl methyl sites for hydroxylation is 1. The number of carbonyl (C=O) groups is 1. The maximum Gasteiger partial charge on any atom is 0.243 e. The predicted octanol–water partition coefficient (Wildman–Crippen LogP) is 3.45. The Morgan fingerprint density at radius 3 is 2.44 bits per heavy atom. The van der Waals surface area contributed by atoms with Crippen LogP contribution in [0.2, 0.25) is 0 Å². The summed E-state index contributed by atoms with van der Waals surface area (Å²) < 4.78 is 26.0. The van der Waals surface area contributed by atoms with Crippen molar-refractivity contribution in [2.45, 2.75) is 31.2 Å². The first-order valence-corrected chi connectivity index (χ1v) is 11.7. The van der Waals surface area contributed by atoms with Crippen molar-refractivity contribution in [3.05, 3.63) is 60.2 Å². The predicted molar refractivity (Wildman–Crippen MR) is 113 cm³/mol. The van der Waals surface area contributed by atoms with Gasteiger partial charge < -0.3 is 5.32 Å². The first kappa shape index (κ1) is 21.3. The highest BCUT2D eigenvalue weighted by molar-refractivity contribution is 7.99. The van der Waals surface area contributed by atoms with Gasteiger partial charge in [-0.3, -0.25) is 9.10 Å². The monoisotopic (exact) mass is 406 g/mol. The summed E-state index contributed by atoms with van der Waals surface area (Å²) in [6, 6.07) is 16.4. The molecule has 27 heavy (non-hydrogen) atoms. The molecule has 0 fully saturated rings. The number of hydrogen-bond acceptors (Lipinski definition) is 4. The quantitative estimate of drug-likeness (QED) is 0.512. The summed E-state index contributed by atoms with van der Waals surface area (Å²) in [5.74, 6) is 0.438. The number of hydrogen-bond donors (Lipinski definition) is 1. The second-order valence-corrected chi connectivity index (χ2v) is 9.30. The summed E-state index contributed by atoms with van der Waals surface area (Å²) in [6.45, 7) is 4.18. The highest BCUT2D eigenvalue weighted by atomic mass is 32.2. The van der Waals surface area contributed by atoms with Crippen molar-refractivity contribution >= 4 is 33.4 Å². The zero-order chi connectivity index (χ0) is 19.9. The Morgan fingerprint density at radius 1 is 1.15 bits per heavy atom. The van der Waals surface area contributed by atoms with E-state index in [1.807, 2.05) is 50.2 Å². The molecular formula is C20H26N2O3S2. The van der Waals surface area contributed by atoms with Gasteiger partial charge in [-0.2, -0.15) is 0 Å². The molecule has 1 N–H and O–H groups in total. The topological polar surface area (TPSA) is 66.5 Å². The lowest BCUT2D eigenvalue weighted by molar-refractivity contribution is -0.122. The van der Waals surface area contributed by atoms with Crippen molar-refractivity contribution in [1.82, 2.24) is 5.32 Å². The standard InChI is InChI=1S/C20H26N2O3S2/c1-4-19(20(23)21-13-14-26-18-11-6-5-7-12-18)22(27(3,24)25)17-10-8-9-16(2)15-17/h5-12,15,19H,4,13-14H2,1-3H3,(H,21,23). The van der Waals surface area contributed by atoms with Gasteiger partial charge in [0.15, 0.2) is 0 Å². The molecule has 5 nitrogen and oxygen atoms in total. The van der Waals surface area contributed by atoms with Crippen molar-refractivity contribution in [2.24, 2.45) is 0 Å². The molecular weight excluding hydrogens is 380 g/mol. The molecule has 1 amide bonds. The fourth-order valence-electron chi connectivity index (χ4n) is 2.80. The van der Waals surface area contributed by atoms with E-state index < -0.39 is 16.1 Å². The van der Waals surface area contributed by atoms with Crippen LogP contribution in [-0.2, 0) is 14.8 Å². The van der Waals surface area contributed by atoms with Gasteiger partial charge in [0.2, 0.25) is 15.9 Å². The molecule has 0 aliphatic rings. The molecule has 2 aromatic rings. The Labute approximate surface area is 166 Å². The lowest BCUT2D eigenvalue weighted by Gasteiger charge is -2.30. The Bertz CT molecular complexity index is 855. The van der Waals surface area contributed by atoms with E-state index in [2.05, 4.69) is 5.32 Å². The summed E-state index contributed by atoms with van der Waals surface area (Å²) in [5, 5.41) is 2.87. The van der Waals surface area contributed by atoms with Crippen LogP contribution < -0.4 is 9.62 Å². The number of thioether (sulfide) groups is 1. The van der Waals surface area contributed by atoms with Crippen LogP contribution in [0.3, 0.4) is 0 Å². The van der Waals surface area contributed by atoms with E-state index in [4.69, 9.17) is 0 Å². The van der Waals surface area contributed by atoms with Crippen molar-refractivity contribution in [1.29, 1.82) is 0 Å². The molecule has 7 heteroatoms. The fraction of sp³-hybridized carbons (Fsp3) is 0.350. The van der Waals surface area contributed by atoms with Gasteiger partial charge in [-0.15, -0.1) is 11.8 Å². The van der Waals surface area contributed by atoms with Crippen molar-refractivity contribution in [3.63, 3.8) is 0 Å². The molecule has 1 atom stereocenters. The highest BCUT2D eigenvalue weighted by Crippen LogP contribution is 2.23. The summed E-state index contributed by atoms with van der Waals surface area (Å²) in [5.41, 5.74) is 1.45. The molecule has 0 saturated carbocycles. The van der Waals surface area contributed by atoms with Crippen LogP contribution in [0.5, 0.6) is 0 Å². The molecule has 1 unspecified atom stereocenters. The lowest BCUT2D eigenvalue weighted by atomic mass is 10.1. The van der Waals surface area contributed by atoms with E-state index in [1.54, 1.807) is 30.0 Å². The smallest absolute Gasteiger partial charge is 0.243 e. The largest absolute Gasteiger partial charge is 0.353 e. The van der Waals surface area contributed by atoms with Crippen LogP contribution in [-0.4, -0.2) is 38.9 Å². The number of carbonyl (C=O) groups excluding carboxylic acids is 1. The van der Waals surface area contributed by atoms with Crippen LogP contribution in [0.4, 0.5) is 5.69 Å². The first-order valence-electron chi connectivity index (χ1n) is 8.84. The van der Waals surface area contributed by atoms with Gasteiger partial charge in [0.1, 0.15) is 6.04 Å². The average molecular weight is 407 g/mol. The zero-order valence-electron chi connectivity index (χ0n) is 15.9. The number of amides is 1. The minimum absolute atomic E-state index is 0.280. The summed E-state index contributed by atoms with van der Waals surface area (Å²) in [6.07, 6.45) is 1.52. The van der Waals surface area contributed by atoms with E-state index in [-0.39, 0.29) is 5.91 Å². The van der Waals surface area contributed by atoms with Gasteiger partial charge in [0.05, 0.1) is 11.9 Å². The van der Waals surface area contributed by atoms with Gasteiger partial charge in [-0.05, 0) is 43.2 Å². The molecule has 0 bridgehead atoms. The van der Waals surface area contributed by atoms with Crippen LogP contribution >= 0.6 is 11.8 Å². The van der Waals surface area contributed by atoms with Gasteiger partial charge >= 0.3 is 0 Å². The van der Waals surface area contributed by atoms with Crippen LogP contribution in [0.25, 0.3) is 0 Å². The molecule has 0 saturated heterocycles. The van der Waals surface area contributed by atoms with E-state index in [0.29, 0.717) is 18.7 Å². The van der Waals surface area contributed by atoms with Crippen LogP contribution in [0, 0.1) is 6.92 Å². The summed E-state index contributed by atoms with van der Waals surface area (Å²) in [7, 11) is -3.60. The lowest BCUT2D eigenvalue weighted by Crippen LogP contribution is -2.49. The molecule has 0 aliphatic heterocycles. The average Bonchev–Trinajstić information content (AvgIpc) is 2.62. The molecule has 2 aromatic carbocycles. The molecule has 0 heterocycles. The summed E-state index contributed by atoms with van der Waals surface area (Å²) >= 11 is 1.65. The number of nitrogens with one attached hydrogen (secondary N) is 1. The fourth-order valence-corrected chi connectivity index (χ4v) is 4.80. The molecule has 0 aromatic heterocycles. The minimum Gasteiger partial charge on any atom is -0.353 e. The molecule has 0 aliphatic carbocycles. The van der Waals surface area contributed by atoms with E-state index in [1.165, 1.54) is 4.31 Å². The Kier molecular flexibility index (Phi) is 7.74. The van der Waals surface area contributed by atoms with Crippen LogP contribution in [0.1, 0.15) is 18.9 Å². The number of benzene rings is 2. The van der Waals surface area contributed by atoms with E-state index >= 15 is 0 Å². The zero-order valence-corrected chi connectivity index (χ0v) is 17.5. The molecule has 0 spiro atoms. The molecule has 0 radical (unpaired) electrons. The third kappa shape index (κ3) is 6.29. The van der Waals surface area contributed by atoms with Gasteiger partial charge in [0.25, 0.3) is 0 Å². The van der Waals surface area contributed by atoms with Crippen molar-refractivity contribution < 1.29 is 13.2 Å². The number of sulfonamides is 1. The van der Waals surface area contributed by atoms with E-state index in [9.17, 15) is 13.2 Å². The number of rotatable bonds is 9. The number of nitrogens with zero attached hydrogens (tertiary/aromatic N) is 1. The van der Waals surface area contributed by atoms with Gasteiger partial charge in [-0.1, -0.05) is 37.3 Å². The third-order valence-electron chi connectivity index (χ3n) is 4.00. The normalized spacial score (nSPS) is 12.4. The third-order valence-corrected chi connectivity index (χ3v) is 6.19. The van der Waals surface area contributed by atoms with Gasteiger partial charge in [-0.25, -0.2) is 8.42 Å².